The zero-order chi connectivity index (χ0) is 19.0. The first-order valence-corrected chi connectivity index (χ1v) is 8.67. The van der Waals surface area contributed by atoms with E-state index in [0.717, 1.165) is 5.56 Å². The summed E-state index contributed by atoms with van der Waals surface area (Å²) in [6.45, 7) is 0.462. The molecule has 9 heteroatoms. The highest BCUT2D eigenvalue weighted by molar-refractivity contribution is 5.81. The zero-order valence-electron chi connectivity index (χ0n) is 14.5. The van der Waals surface area contributed by atoms with Crippen molar-refractivity contribution in [3.8, 4) is 0 Å². The van der Waals surface area contributed by atoms with E-state index in [9.17, 15) is 15.3 Å². The van der Waals surface area contributed by atoms with E-state index in [1.165, 1.54) is 17.2 Å². The number of aromatic nitrogens is 4. The molecule has 1 aromatic carbocycles. The van der Waals surface area contributed by atoms with E-state index in [0.29, 0.717) is 17.8 Å². The summed E-state index contributed by atoms with van der Waals surface area (Å²) >= 11 is 0. The van der Waals surface area contributed by atoms with Gasteiger partial charge in [-0.25, -0.2) is 15.0 Å². The van der Waals surface area contributed by atoms with Gasteiger partial charge in [-0.3, -0.25) is 0 Å². The number of imidazole rings is 1. The van der Waals surface area contributed by atoms with Crippen LogP contribution in [0.2, 0.25) is 0 Å². The molecule has 0 radical (unpaired) electrons. The van der Waals surface area contributed by atoms with Gasteiger partial charge in [0, 0.05) is 5.92 Å². The number of benzene rings is 1. The van der Waals surface area contributed by atoms with E-state index < -0.39 is 30.3 Å². The summed E-state index contributed by atoms with van der Waals surface area (Å²) in [6, 6.07) is 8.79. The molecule has 1 aliphatic carbocycles. The van der Waals surface area contributed by atoms with Crippen LogP contribution >= 0.6 is 0 Å². The quantitative estimate of drug-likeness (QED) is 0.487. The molecule has 27 heavy (non-hydrogen) atoms. The maximum absolute atomic E-state index is 10.8. The second kappa shape index (κ2) is 7.20. The van der Waals surface area contributed by atoms with Crippen molar-refractivity contribution in [1.82, 2.24) is 19.5 Å². The first kappa shape index (κ1) is 17.8. The maximum Gasteiger partial charge on any atom is 0.165 e. The van der Waals surface area contributed by atoms with Crippen LogP contribution in [-0.2, 0) is 11.3 Å². The molecule has 142 valence electrons. The first-order chi connectivity index (χ1) is 13.1. The van der Waals surface area contributed by atoms with Gasteiger partial charge in [0.25, 0.3) is 0 Å². The molecule has 1 fully saturated rings. The van der Waals surface area contributed by atoms with E-state index in [-0.39, 0.29) is 12.4 Å². The van der Waals surface area contributed by atoms with E-state index in [2.05, 4.69) is 15.0 Å². The number of nitrogens with zero attached hydrogens (tertiary/aromatic N) is 4. The molecule has 0 amide bonds. The molecule has 0 saturated heterocycles. The monoisotopic (exact) mass is 371 g/mol. The van der Waals surface area contributed by atoms with Crippen LogP contribution in [-0.4, -0.2) is 59.8 Å². The molecular formula is C18H21N5O4. The molecule has 5 N–H and O–H groups in total. The van der Waals surface area contributed by atoms with E-state index in [1.807, 2.05) is 30.3 Å². The Balaban J connectivity index is 1.52. The number of ether oxygens (including phenoxy) is 1. The summed E-state index contributed by atoms with van der Waals surface area (Å²) in [5.74, 6) is -0.436. The van der Waals surface area contributed by atoms with Crippen LogP contribution in [0, 0.1) is 5.92 Å². The number of anilines is 1. The number of hydrogen-bond acceptors (Lipinski definition) is 8. The van der Waals surface area contributed by atoms with Gasteiger partial charge in [-0.05, 0) is 5.56 Å². The summed E-state index contributed by atoms with van der Waals surface area (Å²) in [5.41, 5.74) is 7.56. The number of rotatable bonds is 5. The SMILES string of the molecule is Nc1ncnc2c1ncn2[C@H]1[C@H](O)[C@@H](COCc2ccccc2)[C@H](O)[C@@H]1O. The average Bonchev–Trinajstić information content (AvgIpc) is 3.18. The number of aliphatic hydroxyl groups excluding tert-OH is 3. The average molecular weight is 371 g/mol. The molecule has 3 aromatic rings. The lowest BCUT2D eigenvalue weighted by Gasteiger charge is -2.21. The second-order valence-electron chi connectivity index (χ2n) is 6.71. The summed E-state index contributed by atoms with van der Waals surface area (Å²) in [7, 11) is 0. The predicted octanol–water partition coefficient (Wildman–Crippen LogP) is -0.121. The van der Waals surface area contributed by atoms with Crippen LogP contribution in [0.15, 0.2) is 43.0 Å². The lowest BCUT2D eigenvalue weighted by atomic mass is 10.0. The fourth-order valence-electron chi connectivity index (χ4n) is 3.61. The highest BCUT2D eigenvalue weighted by Crippen LogP contribution is 2.37. The third-order valence-electron chi connectivity index (χ3n) is 5.06. The van der Waals surface area contributed by atoms with Gasteiger partial charge in [-0.1, -0.05) is 30.3 Å². The van der Waals surface area contributed by atoms with Crippen molar-refractivity contribution in [2.45, 2.75) is 31.0 Å². The maximum atomic E-state index is 10.8. The fourth-order valence-corrected chi connectivity index (χ4v) is 3.61. The van der Waals surface area contributed by atoms with E-state index in [1.54, 1.807) is 0 Å². The van der Waals surface area contributed by atoms with Crippen molar-refractivity contribution in [2.24, 2.45) is 5.92 Å². The van der Waals surface area contributed by atoms with Gasteiger partial charge >= 0.3 is 0 Å². The Kier molecular flexibility index (Phi) is 4.75. The third-order valence-corrected chi connectivity index (χ3v) is 5.06. The van der Waals surface area contributed by atoms with Crippen molar-refractivity contribution in [3.05, 3.63) is 48.5 Å². The molecule has 0 aliphatic heterocycles. The Morgan fingerprint density at radius 3 is 2.56 bits per heavy atom. The molecular weight excluding hydrogens is 350 g/mol. The van der Waals surface area contributed by atoms with Crippen molar-refractivity contribution in [2.75, 3.05) is 12.3 Å². The molecule has 0 spiro atoms. The summed E-state index contributed by atoms with van der Waals surface area (Å²) in [5, 5.41) is 31.7. The van der Waals surface area contributed by atoms with Gasteiger partial charge in [-0.2, -0.15) is 0 Å². The first-order valence-electron chi connectivity index (χ1n) is 8.67. The van der Waals surface area contributed by atoms with E-state index in [4.69, 9.17) is 10.5 Å². The number of aliphatic hydroxyl groups is 3. The summed E-state index contributed by atoms with van der Waals surface area (Å²) in [6.07, 6.45) is -0.650. The van der Waals surface area contributed by atoms with Crippen molar-refractivity contribution in [1.29, 1.82) is 0 Å². The largest absolute Gasteiger partial charge is 0.390 e. The molecule has 0 bridgehead atoms. The number of fused-ring (bicyclic) bond motifs is 1. The molecule has 1 aliphatic rings. The topological polar surface area (TPSA) is 140 Å². The zero-order valence-corrected chi connectivity index (χ0v) is 14.5. The normalized spacial score (nSPS) is 28.0. The number of nitrogens with two attached hydrogens (primary N) is 1. The summed E-state index contributed by atoms with van der Waals surface area (Å²) in [4.78, 5) is 12.2. The highest BCUT2D eigenvalue weighted by Gasteiger charge is 2.50. The van der Waals surface area contributed by atoms with Gasteiger partial charge in [0.2, 0.25) is 0 Å². The Morgan fingerprint density at radius 2 is 1.78 bits per heavy atom. The van der Waals surface area contributed by atoms with Crippen molar-refractivity contribution < 1.29 is 20.1 Å². The van der Waals surface area contributed by atoms with Crippen LogP contribution in [0.3, 0.4) is 0 Å². The minimum atomic E-state index is -1.20. The van der Waals surface area contributed by atoms with Gasteiger partial charge in [0.1, 0.15) is 17.9 Å². The number of hydrogen-bond donors (Lipinski definition) is 4. The van der Waals surface area contributed by atoms with Crippen LogP contribution in [0.4, 0.5) is 5.82 Å². The van der Waals surface area contributed by atoms with Gasteiger partial charge in [0.15, 0.2) is 11.5 Å². The molecule has 9 nitrogen and oxygen atoms in total. The van der Waals surface area contributed by atoms with Gasteiger partial charge in [-0.15, -0.1) is 0 Å². The van der Waals surface area contributed by atoms with Gasteiger partial charge < -0.3 is 30.4 Å². The lowest BCUT2D eigenvalue weighted by Crippen LogP contribution is -2.31. The van der Waals surface area contributed by atoms with Crippen LogP contribution in [0.25, 0.3) is 11.2 Å². The van der Waals surface area contributed by atoms with Crippen LogP contribution in [0.5, 0.6) is 0 Å². The standard InChI is InChI=1S/C18H21N5O4/c19-17-12-18(21-8-20-17)23(9-22-12)13-14(24)11(15(25)16(13)26)7-27-6-10-4-2-1-3-5-10/h1-5,8-9,11,13-16,24-26H,6-7H2,(H2,19,20,21)/t11-,13+,14-,15+,16-/m1/s1. The third kappa shape index (κ3) is 3.15. The molecule has 0 unspecified atom stereocenters. The summed E-state index contributed by atoms with van der Waals surface area (Å²) < 4.78 is 7.19. The molecule has 2 aromatic heterocycles. The Hall–Kier alpha value is -2.59. The smallest absolute Gasteiger partial charge is 0.165 e. The fraction of sp³-hybridized carbons (Fsp3) is 0.389. The lowest BCUT2D eigenvalue weighted by molar-refractivity contribution is -0.0288. The van der Waals surface area contributed by atoms with Gasteiger partial charge in [0.05, 0.1) is 37.8 Å². The molecule has 4 rings (SSSR count). The Labute approximate surface area is 155 Å². The van der Waals surface area contributed by atoms with Crippen molar-refractivity contribution in [3.63, 3.8) is 0 Å². The predicted molar refractivity (Wildman–Crippen MR) is 96.4 cm³/mol. The number of nitrogen functional groups attached to an aromatic ring is 1. The van der Waals surface area contributed by atoms with Crippen LogP contribution in [0.1, 0.15) is 11.6 Å². The Morgan fingerprint density at radius 1 is 1.00 bits per heavy atom. The Bertz CT molecular complexity index is 919. The second-order valence-corrected chi connectivity index (χ2v) is 6.71. The minimum Gasteiger partial charge on any atom is -0.390 e. The molecule has 1 saturated carbocycles. The van der Waals surface area contributed by atoms with Crippen molar-refractivity contribution >= 4 is 17.0 Å². The molecule has 5 atom stereocenters. The minimum absolute atomic E-state index is 0.106. The van der Waals surface area contributed by atoms with E-state index >= 15 is 0 Å². The van der Waals surface area contributed by atoms with Crippen LogP contribution < -0.4 is 5.73 Å². The molecule has 2 heterocycles. The highest BCUT2D eigenvalue weighted by atomic mass is 16.5.